The molecular weight excluding hydrogens is 496 g/mol. The van der Waals surface area contributed by atoms with E-state index in [1.165, 1.54) is 11.3 Å². The van der Waals surface area contributed by atoms with E-state index in [0.717, 1.165) is 5.56 Å². The highest BCUT2D eigenvalue weighted by atomic mass is 32.1. The van der Waals surface area contributed by atoms with Gasteiger partial charge in [0.25, 0.3) is 0 Å². The van der Waals surface area contributed by atoms with E-state index >= 15 is 0 Å². The van der Waals surface area contributed by atoms with Crippen molar-refractivity contribution in [3.8, 4) is 0 Å². The smallest absolute Gasteiger partial charge is 0.243 e. The van der Waals surface area contributed by atoms with Gasteiger partial charge in [0.15, 0.2) is 5.01 Å². The molecule has 0 bridgehead atoms. The van der Waals surface area contributed by atoms with Crippen LogP contribution in [0.4, 0.5) is 0 Å². The first-order chi connectivity index (χ1) is 17.6. The maximum Gasteiger partial charge on any atom is 0.243 e. The number of allylic oxidation sites excluding steroid dienone is 1. The molecular formula is C30H44N4O3S. The Bertz CT molecular complexity index is 1120. The van der Waals surface area contributed by atoms with Crippen LogP contribution in [-0.4, -0.2) is 59.7 Å². The number of Topliss-reactive ketones (excluding diaryl/α,β-unsaturated/α-hetero) is 1. The molecule has 2 rings (SSSR count). The largest absolute Gasteiger partial charge is 0.348 e. The minimum Gasteiger partial charge on any atom is -0.348 e. The Morgan fingerprint density at radius 3 is 2.13 bits per heavy atom. The van der Waals surface area contributed by atoms with Crippen LogP contribution in [0.15, 0.2) is 53.6 Å². The number of amides is 2. The van der Waals surface area contributed by atoms with Gasteiger partial charge in [0.2, 0.25) is 17.6 Å². The van der Waals surface area contributed by atoms with Gasteiger partial charge in [0.1, 0.15) is 6.04 Å². The number of carbonyl (C=O) groups excluding carboxylic acids is 3. The predicted octanol–water partition coefficient (Wildman–Crippen LogP) is 4.85. The minimum absolute atomic E-state index is 0.0293. The summed E-state index contributed by atoms with van der Waals surface area (Å²) in [4.78, 5) is 46.2. The zero-order valence-electron chi connectivity index (χ0n) is 24.5. The molecule has 2 aromatic rings. The lowest BCUT2D eigenvalue weighted by molar-refractivity contribution is -0.145. The fraction of sp³-hybridized carbons (Fsp3) is 0.533. The lowest BCUT2D eigenvalue weighted by Crippen LogP contribution is -2.61. The SMILES string of the molecule is CN[C@H](C(=O)N(C)[C@H](C(=O)N[C@H](/C=C(\C)C(=O)c1nccs1)C(C)C)C(C)(C)C)C(C)(C)c1ccccc1. The molecule has 8 heteroatoms. The first-order valence-electron chi connectivity index (χ1n) is 13.0. The molecule has 0 spiro atoms. The van der Waals surface area contributed by atoms with Crippen molar-refractivity contribution in [2.75, 3.05) is 14.1 Å². The molecule has 2 N–H and O–H groups in total. The highest BCUT2D eigenvalue weighted by Gasteiger charge is 2.43. The maximum atomic E-state index is 13.9. The summed E-state index contributed by atoms with van der Waals surface area (Å²) in [5.74, 6) is -0.547. The van der Waals surface area contributed by atoms with Crippen LogP contribution in [0.3, 0.4) is 0 Å². The number of hydrogen-bond acceptors (Lipinski definition) is 6. The Morgan fingerprint density at radius 2 is 1.66 bits per heavy atom. The summed E-state index contributed by atoms with van der Waals surface area (Å²) in [5.41, 5.74) is 0.496. The van der Waals surface area contributed by atoms with Gasteiger partial charge >= 0.3 is 0 Å². The number of hydrogen-bond donors (Lipinski definition) is 2. The lowest BCUT2D eigenvalue weighted by atomic mass is 9.76. The van der Waals surface area contributed by atoms with Crippen LogP contribution < -0.4 is 10.6 Å². The van der Waals surface area contributed by atoms with E-state index in [0.29, 0.717) is 10.6 Å². The molecule has 0 unspecified atom stereocenters. The van der Waals surface area contributed by atoms with E-state index in [9.17, 15) is 14.4 Å². The highest BCUT2D eigenvalue weighted by Crippen LogP contribution is 2.31. The lowest BCUT2D eigenvalue weighted by Gasteiger charge is -2.42. The summed E-state index contributed by atoms with van der Waals surface area (Å²) in [6, 6.07) is 8.23. The molecule has 0 saturated heterocycles. The molecule has 0 fully saturated rings. The van der Waals surface area contributed by atoms with Crippen LogP contribution >= 0.6 is 11.3 Å². The first-order valence-corrected chi connectivity index (χ1v) is 13.9. The third kappa shape index (κ3) is 7.38. The Morgan fingerprint density at radius 1 is 1.05 bits per heavy atom. The average Bonchev–Trinajstić information content (AvgIpc) is 3.37. The number of nitrogens with zero attached hydrogens (tertiary/aromatic N) is 2. The van der Waals surface area contributed by atoms with E-state index in [4.69, 9.17) is 0 Å². The molecule has 2 amide bonds. The second kappa shape index (κ2) is 12.8. The van der Waals surface area contributed by atoms with E-state index in [1.807, 2.05) is 78.8 Å². The fourth-order valence-corrected chi connectivity index (χ4v) is 5.44. The molecule has 0 saturated carbocycles. The third-order valence-corrected chi connectivity index (χ3v) is 7.79. The van der Waals surface area contributed by atoms with Crippen molar-refractivity contribution in [2.45, 2.75) is 78.9 Å². The number of rotatable bonds is 11. The van der Waals surface area contributed by atoms with Crippen LogP contribution in [0.5, 0.6) is 0 Å². The minimum atomic E-state index is -0.734. The van der Waals surface area contributed by atoms with Crippen LogP contribution in [-0.2, 0) is 15.0 Å². The number of ketones is 1. The molecule has 0 aliphatic rings. The van der Waals surface area contributed by atoms with E-state index < -0.39 is 22.9 Å². The zero-order valence-corrected chi connectivity index (χ0v) is 25.3. The van der Waals surface area contributed by atoms with Crippen molar-refractivity contribution in [2.24, 2.45) is 11.3 Å². The van der Waals surface area contributed by atoms with Crippen molar-refractivity contribution in [3.05, 3.63) is 64.1 Å². The van der Waals surface area contributed by atoms with Crippen molar-refractivity contribution in [1.29, 1.82) is 0 Å². The fourth-order valence-electron chi connectivity index (χ4n) is 4.80. The van der Waals surface area contributed by atoms with Gasteiger partial charge in [0, 0.05) is 24.0 Å². The predicted molar refractivity (Wildman–Crippen MR) is 155 cm³/mol. The second-order valence-electron chi connectivity index (χ2n) is 11.8. The van der Waals surface area contributed by atoms with Crippen molar-refractivity contribution < 1.29 is 14.4 Å². The monoisotopic (exact) mass is 540 g/mol. The molecule has 1 heterocycles. The Labute approximate surface area is 232 Å². The quantitative estimate of drug-likeness (QED) is 0.314. The summed E-state index contributed by atoms with van der Waals surface area (Å²) in [6.45, 7) is 15.6. The number of aromatic nitrogens is 1. The summed E-state index contributed by atoms with van der Waals surface area (Å²) in [5, 5.41) is 8.51. The number of nitrogens with one attached hydrogen (secondary N) is 2. The number of thiazole rings is 1. The summed E-state index contributed by atoms with van der Waals surface area (Å²) >= 11 is 1.29. The Balaban J connectivity index is 2.34. The molecule has 1 aromatic heterocycles. The number of likely N-dealkylation sites (N-methyl/N-ethyl adjacent to an activating group) is 2. The Kier molecular flexibility index (Phi) is 10.6. The van der Waals surface area contributed by atoms with Gasteiger partial charge < -0.3 is 15.5 Å². The van der Waals surface area contributed by atoms with Crippen LogP contribution in [0.25, 0.3) is 0 Å². The van der Waals surface area contributed by atoms with Crippen molar-refractivity contribution in [1.82, 2.24) is 20.5 Å². The summed E-state index contributed by atoms with van der Waals surface area (Å²) < 4.78 is 0. The normalized spacial score (nSPS) is 15.1. The van der Waals surface area contributed by atoms with Crippen LogP contribution in [0.1, 0.15) is 70.8 Å². The van der Waals surface area contributed by atoms with Gasteiger partial charge in [-0.15, -0.1) is 11.3 Å². The molecule has 0 aliphatic heterocycles. The van der Waals surface area contributed by atoms with Crippen LogP contribution in [0.2, 0.25) is 0 Å². The molecule has 1 aromatic carbocycles. The van der Waals surface area contributed by atoms with Crippen molar-refractivity contribution >= 4 is 28.9 Å². The van der Waals surface area contributed by atoms with E-state index in [1.54, 1.807) is 43.6 Å². The summed E-state index contributed by atoms with van der Waals surface area (Å²) in [6.07, 6.45) is 3.40. The van der Waals surface area contributed by atoms with Crippen molar-refractivity contribution in [3.63, 3.8) is 0 Å². The summed E-state index contributed by atoms with van der Waals surface area (Å²) in [7, 11) is 3.47. The molecule has 38 heavy (non-hydrogen) atoms. The van der Waals surface area contributed by atoms with Gasteiger partial charge in [0.05, 0.1) is 12.1 Å². The third-order valence-electron chi connectivity index (χ3n) is 7.02. The first kappa shape index (κ1) is 31.4. The van der Waals surface area contributed by atoms with E-state index in [-0.39, 0.29) is 29.6 Å². The standard InChI is InChI=1S/C30H44N4O3S/c1-19(2)22(18-20(3)23(35)27-32-16-17-38-27)33-26(36)25(29(4,5)6)34(10)28(37)24(31-9)30(7,8)21-14-12-11-13-15-21/h11-19,22,24-25,31H,1-10H3,(H,33,36)/b20-18+/t22-,24-,25-/m1/s1. The topological polar surface area (TPSA) is 91.4 Å². The van der Waals surface area contributed by atoms with Gasteiger partial charge in [-0.05, 0) is 36.4 Å². The van der Waals surface area contributed by atoms with Gasteiger partial charge in [-0.1, -0.05) is 84.9 Å². The Hall–Kier alpha value is -2.84. The van der Waals surface area contributed by atoms with Gasteiger partial charge in [-0.3, -0.25) is 14.4 Å². The molecule has 208 valence electrons. The highest BCUT2D eigenvalue weighted by molar-refractivity contribution is 7.11. The maximum absolute atomic E-state index is 13.9. The molecule has 3 atom stereocenters. The van der Waals surface area contributed by atoms with Crippen LogP contribution in [0, 0.1) is 11.3 Å². The molecule has 7 nitrogen and oxygen atoms in total. The average molecular weight is 541 g/mol. The van der Waals surface area contributed by atoms with Gasteiger partial charge in [-0.2, -0.15) is 0 Å². The second-order valence-corrected chi connectivity index (χ2v) is 12.7. The molecule has 0 radical (unpaired) electrons. The number of benzene rings is 1. The number of carbonyl (C=O) groups is 3. The van der Waals surface area contributed by atoms with Gasteiger partial charge in [-0.25, -0.2) is 4.98 Å². The zero-order chi connectivity index (χ0) is 28.8. The molecule has 0 aliphatic carbocycles. The van der Waals surface area contributed by atoms with E-state index in [2.05, 4.69) is 15.6 Å².